The minimum atomic E-state index is -2.97. The first-order chi connectivity index (χ1) is 11.2. The molecule has 1 aromatic carbocycles. The minimum Gasteiger partial charge on any atom is -0.453 e. The zero-order chi connectivity index (χ0) is 18.3. The first kappa shape index (κ1) is 20.1. The monoisotopic (exact) mass is 408 g/mol. The van der Waals surface area contributed by atoms with Crippen molar-refractivity contribution in [3.63, 3.8) is 0 Å². The quantitative estimate of drug-likeness (QED) is 0.726. The molecule has 0 fully saturated rings. The molecule has 2 N–H and O–H groups in total. The molecule has 1 aromatic rings. The van der Waals surface area contributed by atoms with Gasteiger partial charge in [0.1, 0.15) is 11.8 Å². The van der Waals surface area contributed by atoms with Crippen molar-refractivity contribution in [1.29, 1.82) is 0 Å². The van der Waals surface area contributed by atoms with Gasteiger partial charge in [0.2, 0.25) is 5.91 Å². The molecule has 9 heteroatoms. The Morgan fingerprint density at radius 3 is 2.50 bits per heavy atom. The molecule has 0 aliphatic heterocycles. The zero-order valence-electron chi connectivity index (χ0n) is 13.4. The average Bonchev–Trinajstić information content (AvgIpc) is 2.51. The second-order valence-corrected chi connectivity index (χ2v) is 6.12. The fourth-order valence-corrected chi connectivity index (χ4v) is 2.32. The van der Waals surface area contributed by atoms with E-state index in [1.54, 1.807) is 26.0 Å². The number of hydrogen-bond acceptors (Lipinski definition) is 4. The third-order valence-electron chi connectivity index (χ3n) is 3.10. The Hall–Kier alpha value is -1.90. The van der Waals surface area contributed by atoms with Gasteiger partial charge in [-0.05, 0) is 24.1 Å². The van der Waals surface area contributed by atoms with E-state index in [9.17, 15) is 18.4 Å². The van der Waals surface area contributed by atoms with Crippen LogP contribution in [0.3, 0.4) is 0 Å². The van der Waals surface area contributed by atoms with Crippen LogP contribution in [-0.4, -0.2) is 31.8 Å². The highest BCUT2D eigenvalue weighted by molar-refractivity contribution is 9.10. The highest BCUT2D eigenvalue weighted by Crippen LogP contribution is 2.24. The first-order valence-corrected chi connectivity index (χ1v) is 7.89. The molecule has 1 unspecified atom stereocenters. The molecule has 0 radical (unpaired) electrons. The molecule has 0 aliphatic carbocycles. The second-order valence-electron chi connectivity index (χ2n) is 5.21. The summed E-state index contributed by atoms with van der Waals surface area (Å²) in [7, 11) is 1.19. The van der Waals surface area contributed by atoms with Gasteiger partial charge in [-0.1, -0.05) is 29.8 Å². The highest BCUT2D eigenvalue weighted by Gasteiger charge is 2.24. The number of benzene rings is 1. The maximum Gasteiger partial charge on any atom is 0.407 e. The number of carbonyl (C=O) groups excluding carboxylic acids is 2. The highest BCUT2D eigenvalue weighted by atomic mass is 79.9. The zero-order valence-corrected chi connectivity index (χ0v) is 15.0. The van der Waals surface area contributed by atoms with Crippen molar-refractivity contribution in [2.75, 3.05) is 7.11 Å². The molecule has 1 rings (SSSR count). The summed E-state index contributed by atoms with van der Waals surface area (Å²) in [5.41, 5.74) is 0.374. The van der Waals surface area contributed by atoms with Crippen molar-refractivity contribution >= 4 is 27.9 Å². The second kappa shape index (κ2) is 9.41. The first-order valence-electron chi connectivity index (χ1n) is 7.10. The van der Waals surface area contributed by atoms with Gasteiger partial charge < -0.3 is 20.1 Å². The predicted octanol–water partition coefficient (Wildman–Crippen LogP) is 3.05. The van der Waals surface area contributed by atoms with Crippen molar-refractivity contribution in [2.24, 2.45) is 5.92 Å². The maximum absolute atomic E-state index is 12.4. The number of nitrogens with one attached hydrogen (secondary N) is 2. The van der Waals surface area contributed by atoms with Gasteiger partial charge in [0.25, 0.3) is 0 Å². The number of alkyl carbamates (subject to hydrolysis) is 1. The fourth-order valence-electron chi connectivity index (χ4n) is 1.91. The number of carbonyl (C=O) groups is 2. The maximum atomic E-state index is 12.4. The van der Waals surface area contributed by atoms with Crippen LogP contribution >= 0.6 is 15.9 Å². The van der Waals surface area contributed by atoms with Gasteiger partial charge in [-0.2, -0.15) is 8.78 Å². The Morgan fingerprint density at radius 1 is 1.29 bits per heavy atom. The summed E-state index contributed by atoms with van der Waals surface area (Å²) in [6.45, 7) is 0.506. The van der Waals surface area contributed by atoms with Crippen molar-refractivity contribution < 1.29 is 27.8 Å². The van der Waals surface area contributed by atoms with Crippen LogP contribution in [0.4, 0.5) is 13.6 Å². The molecule has 0 saturated heterocycles. The summed E-state index contributed by atoms with van der Waals surface area (Å²) in [5, 5.41) is 5.02. The molecule has 24 heavy (non-hydrogen) atoms. The number of hydrogen-bond donors (Lipinski definition) is 2. The number of rotatable bonds is 7. The summed E-state index contributed by atoms with van der Waals surface area (Å²) in [4.78, 5) is 23.5. The molecule has 0 aliphatic rings. The molecular formula is C15H19BrF2N2O4. The molecule has 6 nitrogen and oxygen atoms in total. The van der Waals surface area contributed by atoms with Crippen molar-refractivity contribution in [2.45, 2.75) is 33.0 Å². The summed E-state index contributed by atoms with van der Waals surface area (Å²) < 4.78 is 34.4. The lowest BCUT2D eigenvalue weighted by molar-refractivity contribution is -0.124. The number of ether oxygens (including phenoxy) is 2. The van der Waals surface area contributed by atoms with E-state index >= 15 is 0 Å². The van der Waals surface area contributed by atoms with Crippen LogP contribution < -0.4 is 15.4 Å². The van der Waals surface area contributed by atoms with Crippen LogP contribution in [0.25, 0.3) is 0 Å². The average molecular weight is 409 g/mol. The molecule has 1 atom stereocenters. The van der Waals surface area contributed by atoms with Crippen molar-refractivity contribution in [3.8, 4) is 5.75 Å². The molecule has 0 aromatic heterocycles. The third kappa shape index (κ3) is 6.31. The molecule has 0 spiro atoms. The van der Waals surface area contributed by atoms with E-state index in [0.717, 1.165) is 0 Å². The van der Waals surface area contributed by atoms with E-state index in [1.807, 2.05) is 0 Å². The normalized spacial score (nSPS) is 12.0. The van der Waals surface area contributed by atoms with Gasteiger partial charge in [0.05, 0.1) is 7.11 Å². The minimum absolute atomic E-state index is 0.0319. The largest absolute Gasteiger partial charge is 0.453 e. The van der Waals surface area contributed by atoms with Gasteiger partial charge in [0.15, 0.2) is 0 Å². The predicted molar refractivity (Wildman–Crippen MR) is 86.8 cm³/mol. The van der Waals surface area contributed by atoms with Crippen LogP contribution in [0.15, 0.2) is 22.7 Å². The lowest BCUT2D eigenvalue weighted by Gasteiger charge is -2.21. The van der Waals surface area contributed by atoms with Gasteiger partial charge in [0, 0.05) is 16.6 Å². The Morgan fingerprint density at radius 2 is 1.96 bits per heavy atom. The van der Waals surface area contributed by atoms with Gasteiger partial charge in [-0.3, -0.25) is 4.79 Å². The molecule has 2 amide bonds. The van der Waals surface area contributed by atoms with Crippen LogP contribution in [-0.2, 0) is 16.1 Å². The number of halogens is 3. The summed E-state index contributed by atoms with van der Waals surface area (Å²) in [6.07, 6.45) is -0.729. The van der Waals surface area contributed by atoms with Crippen molar-refractivity contribution in [1.82, 2.24) is 10.6 Å². The van der Waals surface area contributed by atoms with E-state index in [0.29, 0.717) is 10.0 Å². The van der Waals surface area contributed by atoms with Crippen LogP contribution in [0.1, 0.15) is 19.4 Å². The van der Waals surface area contributed by atoms with Crippen molar-refractivity contribution in [3.05, 3.63) is 28.2 Å². The Bertz CT molecular complexity index is 585. The Labute approximate surface area is 147 Å². The lowest BCUT2D eigenvalue weighted by Crippen LogP contribution is -2.49. The molecule has 0 bridgehead atoms. The molecule has 134 valence electrons. The van der Waals surface area contributed by atoms with E-state index in [-0.39, 0.29) is 18.2 Å². The number of methoxy groups -OCH3 is 1. The molecular weight excluding hydrogens is 390 g/mol. The Balaban J connectivity index is 2.81. The fraction of sp³-hybridized carbons (Fsp3) is 0.467. The van der Waals surface area contributed by atoms with Gasteiger partial charge >= 0.3 is 12.7 Å². The summed E-state index contributed by atoms with van der Waals surface area (Å²) in [5.74, 6) is -0.683. The topological polar surface area (TPSA) is 76.7 Å². The molecule has 0 heterocycles. The number of amides is 2. The van der Waals surface area contributed by atoms with E-state index in [4.69, 9.17) is 0 Å². The standard InChI is InChI=1S/C15H19BrF2N2O4/c1-8(2)12(20-15(22)23-3)13(21)19-7-9-6-10(16)4-5-11(9)24-14(17)18/h4-6,8,12,14H,7H2,1-3H3,(H,19,21)(H,20,22). The van der Waals surface area contributed by atoms with E-state index in [1.165, 1.54) is 13.2 Å². The molecule has 0 saturated carbocycles. The van der Waals surface area contributed by atoms with E-state index in [2.05, 4.69) is 36.0 Å². The Kier molecular flexibility index (Phi) is 7.90. The van der Waals surface area contributed by atoms with Crippen LogP contribution in [0.5, 0.6) is 5.75 Å². The SMILES string of the molecule is COC(=O)NC(C(=O)NCc1cc(Br)ccc1OC(F)F)C(C)C. The summed E-state index contributed by atoms with van der Waals surface area (Å²) in [6, 6.07) is 3.68. The van der Waals surface area contributed by atoms with E-state index < -0.39 is 24.7 Å². The number of alkyl halides is 2. The smallest absolute Gasteiger partial charge is 0.407 e. The lowest BCUT2D eigenvalue weighted by atomic mass is 10.0. The summed E-state index contributed by atoms with van der Waals surface area (Å²) >= 11 is 3.23. The van der Waals surface area contributed by atoms with Crippen LogP contribution in [0.2, 0.25) is 0 Å². The van der Waals surface area contributed by atoms with Gasteiger partial charge in [-0.25, -0.2) is 4.79 Å². The third-order valence-corrected chi connectivity index (χ3v) is 3.59. The van der Waals surface area contributed by atoms with Crippen LogP contribution in [0, 0.1) is 5.92 Å². The van der Waals surface area contributed by atoms with Gasteiger partial charge in [-0.15, -0.1) is 0 Å².